The summed E-state index contributed by atoms with van der Waals surface area (Å²) in [5, 5.41) is 2.99. The fourth-order valence-electron chi connectivity index (χ4n) is 4.23. The van der Waals surface area contributed by atoms with Crippen LogP contribution in [0.1, 0.15) is 46.8 Å². The van der Waals surface area contributed by atoms with E-state index in [0.717, 1.165) is 30.8 Å². The van der Waals surface area contributed by atoms with Crippen molar-refractivity contribution in [3.05, 3.63) is 71.0 Å². The number of likely N-dealkylation sites (tertiary alicyclic amines) is 1. The largest absolute Gasteiger partial charge is 0.355 e. The summed E-state index contributed by atoms with van der Waals surface area (Å²) in [5.74, 6) is -0.513. The van der Waals surface area contributed by atoms with E-state index in [4.69, 9.17) is 0 Å². The van der Waals surface area contributed by atoms with Crippen molar-refractivity contribution < 1.29 is 14.0 Å². The SMILES string of the molecule is O=C(CC(c1ccc(F)cc1)N1Cc2ccccc2C1=O)NCCN1CCCC1. The molecule has 5 nitrogen and oxygen atoms in total. The number of fused-ring (bicyclic) bond motifs is 1. The Morgan fingerprint density at radius 3 is 2.52 bits per heavy atom. The number of hydrogen-bond donors (Lipinski definition) is 1. The van der Waals surface area contributed by atoms with E-state index in [1.54, 1.807) is 17.0 Å². The normalized spacial score (nSPS) is 17.4. The van der Waals surface area contributed by atoms with E-state index in [2.05, 4.69) is 10.2 Å². The van der Waals surface area contributed by atoms with Gasteiger partial charge >= 0.3 is 0 Å². The molecule has 1 N–H and O–H groups in total. The molecule has 2 heterocycles. The third kappa shape index (κ3) is 4.48. The highest BCUT2D eigenvalue weighted by molar-refractivity contribution is 5.98. The molecule has 1 atom stereocenters. The number of nitrogens with zero attached hydrogens (tertiary/aromatic N) is 2. The lowest BCUT2D eigenvalue weighted by Gasteiger charge is -2.28. The Morgan fingerprint density at radius 2 is 1.79 bits per heavy atom. The number of hydrogen-bond acceptors (Lipinski definition) is 3. The summed E-state index contributed by atoms with van der Waals surface area (Å²) in [6.07, 6.45) is 2.60. The van der Waals surface area contributed by atoms with Crippen molar-refractivity contribution in [1.29, 1.82) is 0 Å². The summed E-state index contributed by atoms with van der Waals surface area (Å²) in [6, 6.07) is 13.2. The number of rotatable bonds is 7. The molecule has 0 radical (unpaired) electrons. The number of amides is 2. The third-order valence-electron chi connectivity index (χ3n) is 5.81. The topological polar surface area (TPSA) is 52.7 Å². The first-order valence-electron chi connectivity index (χ1n) is 10.3. The van der Waals surface area contributed by atoms with Crippen LogP contribution in [0.4, 0.5) is 4.39 Å². The Morgan fingerprint density at radius 1 is 1.07 bits per heavy atom. The first kappa shape index (κ1) is 19.6. The van der Waals surface area contributed by atoms with Crippen LogP contribution in [-0.4, -0.2) is 47.8 Å². The Labute approximate surface area is 170 Å². The summed E-state index contributed by atoms with van der Waals surface area (Å²) < 4.78 is 13.4. The van der Waals surface area contributed by atoms with Crippen molar-refractivity contribution in [3.8, 4) is 0 Å². The van der Waals surface area contributed by atoms with Crippen LogP contribution in [0, 0.1) is 5.82 Å². The summed E-state index contributed by atoms with van der Waals surface area (Å²) in [7, 11) is 0. The maximum atomic E-state index is 13.4. The molecule has 0 spiro atoms. The zero-order valence-corrected chi connectivity index (χ0v) is 16.4. The molecule has 4 rings (SSSR count). The molecule has 2 amide bonds. The molecule has 2 aromatic carbocycles. The van der Waals surface area contributed by atoms with Crippen LogP contribution < -0.4 is 5.32 Å². The molecule has 2 aliphatic rings. The van der Waals surface area contributed by atoms with Gasteiger partial charge in [-0.1, -0.05) is 30.3 Å². The molecule has 1 saturated heterocycles. The van der Waals surface area contributed by atoms with Crippen LogP contribution in [0.2, 0.25) is 0 Å². The maximum Gasteiger partial charge on any atom is 0.255 e. The van der Waals surface area contributed by atoms with Crippen molar-refractivity contribution in [2.45, 2.75) is 31.8 Å². The zero-order valence-electron chi connectivity index (χ0n) is 16.4. The van der Waals surface area contributed by atoms with Gasteiger partial charge in [0.1, 0.15) is 5.82 Å². The Hall–Kier alpha value is -2.73. The highest BCUT2D eigenvalue weighted by atomic mass is 19.1. The minimum atomic E-state index is -0.428. The van der Waals surface area contributed by atoms with Gasteiger partial charge in [-0.05, 0) is 55.3 Å². The monoisotopic (exact) mass is 395 g/mol. The van der Waals surface area contributed by atoms with Crippen LogP contribution in [0.25, 0.3) is 0 Å². The van der Waals surface area contributed by atoms with Gasteiger partial charge in [-0.15, -0.1) is 0 Å². The van der Waals surface area contributed by atoms with Gasteiger partial charge in [0.15, 0.2) is 0 Å². The van der Waals surface area contributed by atoms with E-state index in [0.29, 0.717) is 18.7 Å². The predicted molar refractivity (Wildman–Crippen MR) is 109 cm³/mol. The molecule has 0 aliphatic carbocycles. The van der Waals surface area contributed by atoms with Crippen LogP contribution in [0.15, 0.2) is 48.5 Å². The van der Waals surface area contributed by atoms with Crippen molar-refractivity contribution >= 4 is 11.8 Å². The average molecular weight is 395 g/mol. The minimum Gasteiger partial charge on any atom is -0.355 e. The number of halogens is 1. The first-order chi connectivity index (χ1) is 14.1. The lowest BCUT2D eigenvalue weighted by molar-refractivity contribution is -0.122. The molecule has 29 heavy (non-hydrogen) atoms. The summed E-state index contributed by atoms with van der Waals surface area (Å²) in [5.41, 5.74) is 2.40. The molecule has 0 bridgehead atoms. The summed E-state index contributed by atoms with van der Waals surface area (Å²) in [6.45, 7) is 4.09. The van der Waals surface area contributed by atoms with Crippen molar-refractivity contribution in [2.24, 2.45) is 0 Å². The first-order valence-corrected chi connectivity index (χ1v) is 10.3. The van der Waals surface area contributed by atoms with Gasteiger partial charge < -0.3 is 15.1 Å². The Kier molecular flexibility index (Phi) is 5.90. The smallest absolute Gasteiger partial charge is 0.255 e. The molecule has 0 aromatic heterocycles. The highest BCUT2D eigenvalue weighted by Crippen LogP contribution is 2.33. The van der Waals surface area contributed by atoms with Crippen LogP contribution in [0.5, 0.6) is 0 Å². The second-order valence-electron chi connectivity index (χ2n) is 7.76. The lowest BCUT2D eigenvalue weighted by atomic mass is 10.0. The molecule has 152 valence electrons. The number of nitrogens with one attached hydrogen (secondary N) is 1. The number of carbonyl (C=O) groups is 2. The summed E-state index contributed by atoms with van der Waals surface area (Å²) >= 11 is 0. The van der Waals surface area contributed by atoms with E-state index in [1.165, 1.54) is 25.0 Å². The van der Waals surface area contributed by atoms with Crippen molar-refractivity contribution in [1.82, 2.24) is 15.1 Å². The van der Waals surface area contributed by atoms with Gasteiger partial charge in [-0.25, -0.2) is 4.39 Å². The van der Waals surface area contributed by atoms with Gasteiger partial charge in [0, 0.05) is 25.2 Å². The second kappa shape index (κ2) is 8.74. The van der Waals surface area contributed by atoms with Crippen molar-refractivity contribution in [3.63, 3.8) is 0 Å². The van der Waals surface area contributed by atoms with Crippen LogP contribution in [0.3, 0.4) is 0 Å². The van der Waals surface area contributed by atoms with Crippen molar-refractivity contribution in [2.75, 3.05) is 26.2 Å². The van der Waals surface area contributed by atoms with E-state index >= 15 is 0 Å². The molecule has 2 aromatic rings. The molecule has 2 aliphatic heterocycles. The predicted octanol–water partition coefficient (Wildman–Crippen LogP) is 3.12. The van der Waals surface area contributed by atoms with E-state index in [-0.39, 0.29) is 24.1 Å². The third-order valence-corrected chi connectivity index (χ3v) is 5.81. The van der Waals surface area contributed by atoms with Gasteiger partial charge in [-0.2, -0.15) is 0 Å². The number of carbonyl (C=O) groups excluding carboxylic acids is 2. The fraction of sp³-hybridized carbons (Fsp3) is 0.391. The van der Waals surface area contributed by atoms with E-state index in [9.17, 15) is 14.0 Å². The zero-order chi connectivity index (χ0) is 20.2. The Balaban J connectivity index is 1.46. The fourth-order valence-corrected chi connectivity index (χ4v) is 4.23. The highest BCUT2D eigenvalue weighted by Gasteiger charge is 2.34. The second-order valence-corrected chi connectivity index (χ2v) is 7.76. The average Bonchev–Trinajstić information content (AvgIpc) is 3.35. The van der Waals surface area contributed by atoms with Gasteiger partial charge in [0.2, 0.25) is 5.91 Å². The standard InChI is InChI=1S/C23H26FN3O2/c24-19-9-7-17(8-10-19)21(15-22(28)25-11-14-26-12-3-4-13-26)27-16-18-5-1-2-6-20(18)23(27)29/h1-2,5-10,21H,3-4,11-16H2,(H,25,28). The Bertz CT molecular complexity index is 878. The molecular formula is C23H26FN3O2. The molecular weight excluding hydrogens is 369 g/mol. The molecule has 1 unspecified atom stereocenters. The summed E-state index contributed by atoms with van der Waals surface area (Å²) in [4.78, 5) is 29.7. The van der Waals surface area contributed by atoms with Crippen LogP contribution in [-0.2, 0) is 11.3 Å². The van der Waals surface area contributed by atoms with E-state index in [1.807, 2.05) is 24.3 Å². The molecule has 1 fully saturated rings. The minimum absolute atomic E-state index is 0.0835. The van der Waals surface area contributed by atoms with Crippen LogP contribution >= 0.6 is 0 Å². The molecule has 0 saturated carbocycles. The van der Waals surface area contributed by atoms with Gasteiger partial charge in [0.05, 0.1) is 12.5 Å². The molecule has 6 heteroatoms. The quantitative estimate of drug-likeness (QED) is 0.784. The van der Waals surface area contributed by atoms with E-state index < -0.39 is 6.04 Å². The van der Waals surface area contributed by atoms with Gasteiger partial charge in [0.25, 0.3) is 5.91 Å². The van der Waals surface area contributed by atoms with Gasteiger partial charge in [-0.3, -0.25) is 9.59 Å². The lowest BCUT2D eigenvalue weighted by Crippen LogP contribution is -2.37. The maximum absolute atomic E-state index is 13.4. The number of benzene rings is 2.